The average molecular weight is 462 g/mol. The Morgan fingerprint density at radius 2 is 1.84 bits per heavy atom. The molecule has 174 valence electrons. The van der Waals surface area contributed by atoms with E-state index in [4.69, 9.17) is 16.3 Å². The summed E-state index contributed by atoms with van der Waals surface area (Å²) in [5.74, 6) is 0.945. The predicted molar refractivity (Wildman–Crippen MR) is 128 cm³/mol. The molecule has 2 aliphatic carbocycles. The van der Waals surface area contributed by atoms with Crippen LogP contribution in [0.25, 0.3) is 11.1 Å². The van der Waals surface area contributed by atoms with E-state index >= 15 is 0 Å². The second-order valence-corrected chi connectivity index (χ2v) is 9.56. The highest BCUT2D eigenvalue weighted by atomic mass is 35.5. The summed E-state index contributed by atoms with van der Waals surface area (Å²) in [5, 5.41) is 10.9. The summed E-state index contributed by atoms with van der Waals surface area (Å²) in [6, 6.07) is 4.98. The highest BCUT2D eigenvalue weighted by Crippen LogP contribution is 2.33. The van der Waals surface area contributed by atoms with Crippen LogP contribution in [0.2, 0.25) is 5.02 Å². The first-order valence-corrected chi connectivity index (χ1v) is 12.0. The molecule has 4 rings (SSSR count). The second kappa shape index (κ2) is 10.8. The Bertz CT molecular complexity index is 902. The fourth-order valence-corrected chi connectivity index (χ4v) is 4.56. The third kappa shape index (κ3) is 6.30. The third-order valence-corrected chi connectivity index (χ3v) is 6.60. The van der Waals surface area contributed by atoms with E-state index in [0.717, 1.165) is 55.8 Å². The summed E-state index contributed by atoms with van der Waals surface area (Å²) in [6.45, 7) is 3.66. The smallest absolute Gasteiger partial charge is 0.236 e. The molecule has 3 N–H and O–H groups in total. The molecule has 1 atom stereocenters. The van der Waals surface area contributed by atoms with Crippen LogP contribution in [0.4, 0.5) is 15.9 Å². The van der Waals surface area contributed by atoms with Crippen LogP contribution in [0.5, 0.6) is 0 Å². The predicted octanol–water partition coefficient (Wildman–Crippen LogP) is 5.11. The number of rotatable bonds is 10. The molecule has 2 heterocycles. The van der Waals surface area contributed by atoms with Crippen LogP contribution in [0.15, 0.2) is 24.5 Å². The Labute approximate surface area is 194 Å². The number of nitrogens with zero attached hydrogens (tertiary/aromatic N) is 2. The van der Waals surface area contributed by atoms with Crippen LogP contribution in [0, 0.1) is 11.9 Å². The Morgan fingerprint density at radius 3 is 2.56 bits per heavy atom. The molecule has 2 saturated carbocycles. The number of anilines is 2. The van der Waals surface area contributed by atoms with Gasteiger partial charge in [-0.1, -0.05) is 11.6 Å². The van der Waals surface area contributed by atoms with Crippen molar-refractivity contribution in [2.75, 3.05) is 30.9 Å². The van der Waals surface area contributed by atoms with Gasteiger partial charge in [-0.2, -0.15) is 4.39 Å². The first-order chi connectivity index (χ1) is 15.5. The highest BCUT2D eigenvalue weighted by Gasteiger charge is 2.23. The minimum absolute atomic E-state index is 0.364. The van der Waals surface area contributed by atoms with E-state index in [0.29, 0.717) is 34.8 Å². The lowest BCUT2D eigenvalue weighted by Crippen LogP contribution is -2.42. The summed E-state index contributed by atoms with van der Waals surface area (Å²) >= 11 is 6.45. The van der Waals surface area contributed by atoms with E-state index in [1.807, 2.05) is 6.07 Å². The van der Waals surface area contributed by atoms with Crippen LogP contribution < -0.4 is 16.0 Å². The molecule has 0 saturated heterocycles. The molecule has 0 amide bonds. The van der Waals surface area contributed by atoms with E-state index in [1.165, 1.54) is 19.0 Å². The van der Waals surface area contributed by atoms with Gasteiger partial charge in [0.1, 0.15) is 5.82 Å². The first-order valence-electron chi connectivity index (χ1n) is 11.6. The largest absolute Gasteiger partial charge is 0.383 e. The van der Waals surface area contributed by atoms with Crippen molar-refractivity contribution in [1.82, 2.24) is 15.3 Å². The molecule has 2 aromatic heterocycles. The monoisotopic (exact) mass is 461 g/mol. The number of ether oxygens (including phenoxy) is 1. The van der Waals surface area contributed by atoms with Crippen LogP contribution in [-0.2, 0) is 4.74 Å². The topological polar surface area (TPSA) is 71.1 Å². The van der Waals surface area contributed by atoms with Crippen molar-refractivity contribution in [1.29, 1.82) is 0 Å². The van der Waals surface area contributed by atoms with Crippen molar-refractivity contribution in [3.63, 3.8) is 0 Å². The molecular formula is C24H33ClFN5O. The van der Waals surface area contributed by atoms with Gasteiger partial charge in [-0.3, -0.25) is 0 Å². The molecule has 32 heavy (non-hydrogen) atoms. The number of methoxy groups -OCH3 is 1. The summed E-state index contributed by atoms with van der Waals surface area (Å²) < 4.78 is 19.4. The maximum absolute atomic E-state index is 14.2. The van der Waals surface area contributed by atoms with Crippen molar-refractivity contribution >= 4 is 23.1 Å². The van der Waals surface area contributed by atoms with Gasteiger partial charge in [-0.25, -0.2) is 9.97 Å². The van der Waals surface area contributed by atoms with Gasteiger partial charge >= 0.3 is 0 Å². The molecule has 0 aliphatic heterocycles. The average Bonchev–Trinajstić information content (AvgIpc) is 3.61. The van der Waals surface area contributed by atoms with Crippen molar-refractivity contribution in [3.8, 4) is 11.1 Å². The fourth-order valence-electron chi connectivity index (χ4n) is 4.35. The number of pyridine rings is 2. The lowest BCUT2D eigenvalue weighted by Gasteiger charge is -2.32. The summed E-state index contributed by atoms with van der Waals surface area (Å²) in [5.41, 5.74) is 2.00. The van der Waals surface area contributed by atoms with Crippen molar-refractivity contribution in [3.05, 3.63) is 35.5 Å². The Hall–Kier alpha value is -1.96. The number of hydrogen-bond donors (Lipinski definition) is 3. The van der Waals surface area contributed by atoms with Gasteiger partial charge in [0.05, 0.1) is 17.3 Å². The molecule has 0 bridgehead atoms. The molecule has 8 heteroatoms. The molecule has 0 spiro atoms. The number of nitrogens with one attached hydrogen (secondary N) is 3. The van der Waals surface area contributed by atoms with Gasteiger partial charge in [0.2, 0.25) is 5.95 Å². The minimum Gasteiger partial charge on any atom is -0.383 e. The fraction of sp³-hybridized carbons (Fsp3) is 0.583. The van der Waals surface area contributed by atoms with Crippen LogP contribution in [0.1, 0.15) is 45.4 Å². The van der Waals surface area contributed by atoms with Crippen LogP contribution in [0.3, 0.4) is 0 Å². The van der Waals surface area contributed by atoms with Gasteiger partial charge < -0.3 is 20.7 Å². The normalized spacial score (nSPS) is 21.9. The minimum atomic E-state index is -0.483. The van der Waals surface area contributed by atoms with Gasteiger partial charge in [0.15, 0.2) is 0 Å². The van der Waals surface area contributed by atoms with E-state index in [9.17, 15) is 4.39 Å². The van der Waals surface area contributed by atoms with Gasteiger partial charge in [0, 0.05) is 55.3 Å². The van der Waals surface area contributed by atoms with Crippen molar-refractivity contribution in [2.45, 2.75) is 63.6 Å². The summed E-state index contributed by atoms with van der Waals surface area (Å²) in [4.78, 5) is 8.41. The standard InChI is InChI=1S/C24H33ClFN5O/c1-15(14-32-2)30-18-5-7-19(8-6-18)31-23-10-20(21(25)13-28-23)17-9-22(24(26)29-12-17)27-11-16-3-4-16/h9-10,12-13,15-16,18-19,27,30H,3-8,11,14H2,1-2H3,(H,28,31)/t15-,18-,19-/m1/s1. The Morgan fingerprint density at radius 1 is 1.09 bits per heavy atom. The summed E-state index contributed by atoms with van der Waals surface area (Å²) in [6.07, 6.45) is 9.97. The molecule has 0 aromatic carbocycles. The first kappa shape index (κ1) is 23.2. The van der Waals surface area contributed by atoms with E-state index in [1.54, 1.807) is 19.4 Å². The zero-order valence-corrected chi connectivity index (χ0v) is 19.6. The number of halogens is 2. The summed E-state index contributed by atoms with van der Waals surface area (Å²) in [7, 11) is 1.74. The quantitative estimate of drug-likeness (QED) is 0.427. The number of aromatic nitrogens is 2. The molecule has 0 unspecified atom stereocenters. The van der Waals surface area contributed by atoms with Gasteiger partial charge in [-0.15, -0.1) is 0 Å². The van der Waals surface area contributed by atoms with E-state index in [-0.39, 0.29) is 0 Å². The molecule has 2 fully saturated rings. The molecule has 2 aliphatic rings. The Kier molecular flexibility index (Phi) is 7.81. The molecule has 2 aromatic rings. The second-order valence-electron chi connectivity index (χ2n) is 9.15. The zero-order chi connectivity index (χ0) is 22.5. The van der Waals surface area contributed by atoms with Crippen LogP contribution >= 0.6 is 11.6 Å². The highest BCUT2D eigenvalue weighted by molar-refractivity contribution is 6.33. The maximum Gasteiger partial charge on any atom is 0.236 e. The maximum atomic E-state index is 14.2. The lowest BCUT2D eigenvalue weighted by molar-refractivity contribution is 0.161. The number of hydrogen-bond acceptors (Lipinski definition) is 6. The van der Waals surface area contributed by atoms with Crippen molar-refractivity contribution in [2.24, 2.45) is 5.92 Å². The third-order valence-electron chi connectivity index (χ3n) is 6.30. The molecule has 6 nitrogen and oxygen atoms in total. The van der Waals surface area contributed by atoms with Crippen molar-refractivity contribution < 1.29 is 9.13 Å². The Balaban J connectivity index is 1.38. The molecule has 0 radical (unpaired) electrons. The van der Waals surface area contributed by atoms with E-state index < -0.39 is 5.95 Å². The lowest BCUT2D eigenvalue weighted by atomic mass is 9.90. The zero-order valence-electron chi connectivity index (χ0n) is 18.8. The SMILES string of the molecule is COC[C@@H](C)N[C@H]1CC[C@H](Nc2cc(-c3cnc(F)c(NCC4CC4)c3)c(Cl)cn2)CC1. The van der Waals surface area contributed by atoms with E-state index in [2.05, 4.69) is 32.8 Å². The molecular weight excluding hydrogens is 429 g/mol. The van der Waals surface area contributed by atoms with Gasteiger partial charge in [0.25, 0.3) is 0 Å². The van der Waals surface area contributed by atoms with Gasteiger partial charge in [-0.05, 0) is 63.5 Å². The van der Waals surface area contributed by atoms with Crippen LogP contribution in [-0.4, -0.2) is 48.4 Å².